The van der Waals surface area contributed by atoms with Gasteiger partial charge in [0.05, 0.1) is 19.1 Å². The monoisotopic (exact) mass is 189 g/mol. The summed E-state index contributed by atoms with van der Waals surface area (Å²) in [5, 5.41) is 0. The Bertz CT molecular complexity index is 139. The first-order chi connectivity index (χ1) is 6.20. The summed E-state index contributed by atoms with van der Waals surface area (Å²) in [6.45, 7) is 5.16. The molecule has 0 amide bonds. The highest BCUT2D eigenvalue weighted by Gasteiger charge is 2.01. The van der Waals surface area contributed by atoms with Crippen molar-refractivity contribution in [1.82, 2.24) is 0 Å². The number of carbonyl (C=O) groups excluding carboxylic acids is 1. The lowest BCUT2D eigenvalue weighted by atomic mass is 10.3. The Morgan fingerprint density at radius 3 is 2.69 bits per heavy atom. The second kappa shape index (κ2) is 8.01. The fourth-order valence-corrected chi connectivity index (χ4v) is 0.713. The smallest absolute Gasteiger partial charge is 0.307 e. The molecule has 0 bridgehead atoms. The van der Waals surface area contributed by atoms with E-state index in [0.717, 1.165) is 6.42 Å². The van der Waals surface area contributed by atoms with Crippen molar-refractivity contribution in [2.75, 3.05) is 19.8 Å². The molecule has 2 N–H and O–H groups in total. The van der Waals surface area contributed by atoms with Crippen molar-refractivity contribution in [3.63, 3.8) is 0 Å². The molecule has 0 spiro atoms. The molecule has 0 saturated carbocycles. The average Bonchev–Trinajstić information content (AvgIpc) is 2.12. The Morgan fingerprint density at radius 1 is 1.46 bits per heavy atom. The molecule has 4 heteroatoms. The number of hydrogen-bond acceptors (Lipinski definition) is 4. The molecular formula is C9H19NO3. The molecule has 0 fully saturated rings. The number of ether oxygens (including phenoxy) is 2. The van der Waals surface area contributed by atoms with E-state index in [2.05, 4.69) is 0 Å². The van der Waals surface area contributed by atoms with Gasteiger partial charge in [-0.15, -0.1) is 0 Å². The Kier molecular flexibility index (Phi) is 7.63. The number of hydrogen-bond donors (Lipinski definition) is 1. The van der Waals surface area contributed by atoms with Gasteiger partial charge in [0.25, 0.3) is 0 Å². The summed E-state index contributed by atoms with van der Waals surface area (Å²) in [4.78, 5) is 10.8. The summed E-state index contributed by atoms with van der Waals surface area (Å²) >= 11 is 0. The van der Waals surface area contributed by atoms with Crippen molar-refractivity contribution >= 4 is 5.97 Å². The van der Waals surface area contributed by atoms with Gasteiger partial charge >= 0.3 is 5.97 Å². The van der Waals surface area contributed by atoms with Crippen LogP contribution >= 0.6 is 0 Å². The van der Waals surface area contributed by atoms with Crippen LogP contribution in [0.25, 0.3) is 0 Å². The summed E-state index contributed by atoms with van der Waals surface area (Å²) in [6.07, 6.45) is 1.48. The van der Waals surface area contributed by atoms with Crippen molar-refractivity contribution in [1.29, 1.82) is 0 Å². The molecule has 1 atom stereocenters. The number of esters is 1. The molecule has 1 unspecified atom stereocenters. The number of rotatable bonds is 7. The Morgan fingerprint density at radius 2 is 2.15 bits per heavy atom. The van der Waals surface area contributed by atoms with Crippen LogP contribution in [0, 0.1) is 0 Å². The van der Waals surface area contributed by atoms with Crippen LogP contribution in [0.1, 0.15) is 26.7 Å². The molecule has 0 aliphatic carbocycles. The SMILES string of the molecule is CCC(C)OCCOC(=O)CCN. The summed E-state index contributed by atoms with van der Waals surface area (Å²) in [5.74, 6) is -0.254. The van der Waals surface area contributed by atoms with E-state index in [1.54, 1.807) is 0 Å². The number of nitrogens with two attached hydrogens (primary N) is 1. The van der Waals surface area contributed by atoms with E-state index in [9.17, 15) is 4.79 Å². The highest BCUT2D eigenvalue weighted by atomic mass is 16.6. The molecule has 0 aromatic rings. The van der Waals surface area contributed by atoms with E-state index in [4.69, 9.17) is 15.2 Å². The standard InChI is InChI=1S/C9H19NO3/c1-3-8(2)12-6-7-13-9(11)4-5-10/h8H,3-7,10H2,1-2H3. The molecule has 13 heavy (non-hydrogen) atoms. The van der Waals surface area contributed by atoms with Crippen molar-refractivity contribution in [3.05, 3.63) is 0 Å². The maximum Gasteiger partial charge on any atom is 0.307 e. The van der Waals surface area contributed by atoms with Gasteiger partial charge in [-0.2, -0.15) is 0 Å². The van der Waals surface area contributed by atoms with Crippen LogP contribution in [-0.2, 0) is 14.3 Å². The topological polar surface area (TPSA) is 61.5 Å². The van der Waals surface area contributed by atoms with Crippen molar-refractivity contribution in [2.45, 2.75) is 32.8 Å². The minimum absolute atomic E-state index is 0.230. The summed E-state index contributed by atoms with van der Waals surface area (Å²) in [7, 11) is 0. The first-order valence-corrected chi connectivity index (χ1v) is 4.68. The van der Waals surface area contributed by atoms with Crippen LogP contribution in [0.3, 0.4) is 0 Å². The molecule has 4 nitrogen and oxygen atoms in total. The Hall–Kier alpha value is -0.610. The molecule has 0 heterocycles. The predicted molar refractivity (Wildman–Crippen MR) is 50.3 cm³/mol. The van der Waals surface area contributed by atoms with Crippen molar-refractivity contribution in [3.8, 4) is 0 Å². The van der Waals surface area contributed by atoms with Crippen molar-refractivity contribution < 1.29 is 14.3 Å². The van der Waals surface area contributed by atoms with E-state index >= 15 is 0 Å². The molecule has 0 radical (unpaired) electrons. The fourth-order valence-electron chi connectivity index (χ4n) is 0.713. The second-order valence-electron chi connectivity index (χ2n) is 2.85. The first kappa shape index (κ1) is 12.4. The lowest BCUT2D eigenvalue weighted by Gasteiger charge is -2.10. The van der Waals surface area contributed by atoms with E-state index in [1.807, 2.05) is 13.8 Å². The van der Waals surface area contributed by atoms with Crippen LogP contribution in [0.4, 0.5) is 0 Å². The van der Waals surface area contributed by atoms with Gasteiger partial charge in [-0.25, -0.2) is 0 Å². The molecule has 0 rings (SSSR count). The third kappa shape index (κ3) is 7.74. The molecule has 0 aromatic carbocycles. The van der Waals surface area contributed by atoms with Gasteiger partial charge in [-0.1, -0.05) is 6.92 Å². The lowest BCUT2D eigenvalue weighted by Crippen LogP contribution is -2.16. The minimum atomic E-state index is -0.254. The van der Waals surface area contributed by atoms with E-state index in [-0.39, 0.29) is 18.5 Å². The zero-order valence-electron chi connectivity index (χ0n) is 8.41. The van der Waals surface area contributed by atoms with Crippen LogP contribution in [0.15, 0.2) is 0 Å². The predicted octanol–water partition coefficient (Wildman–Crippen LogP) is 0.694. The van der Waals surface area contributed by atoms with Gasteiger partial charge in [0.2, 0.25) is 0 Å². The molecule has 0 aliphatic heterocycles. The highest BCUT2D eigenvalue weighted by Crippen LogP contribution is 1.95. The summed E-state index contributed by atoms with van der Waals surface area (Å²) in [6, 6.07) is 0. The van der Waals surface area contributed by atoms with Gasteiger partial charge in [-0.3, -0.25) is 4.79 Å². The Labute approximate surface area is 79.4 Å². The van der Waals surface area contributed by atoms with Gasteiger partial charge in [0.1, 0.15) is 6.61 Å². The average molecular weight is 189 g/mol. The lowest BCUT2D eigenvalue weighted by molar-refractivity contribution is -0.145. The minimum Gasteiger partial charge on any atom is -0.463 e. The maximum atomic E-state index is 10.8. The maximum absolute atomic E-state index is 10.8. The van der Waals surface area contributed by atoms with Gasteiger partial charge in [0, 0.05) is 6.54 Å². The van der Waals surface area contributed by atoms with Crippen LogP contribution in [0.5, 0.6) is 0 Å². The summed E-state index contributed by atoms with van der Waals surface area (Å²) < 4.78 is 10.1. The summed E-state index contributed by atoms with van der Waals surface area (Å²) in [5.41, 5.74) is 5.17. The second-order valence-corrected chi connectivity index (χ2v) is 2.85. The van der Waals surface area contributed by atoms with Crippen LogP contribution < -0.4 is 5.73 Å². The first-order valence-electron chi connectivity index (χ1n) is 4.68. The van der Waals surface area contributed by atoms with Crippen LogP contribution in [-0.4, -0.2) is 31.8 Å². The van der Waals surface area contributed by atoms with Crippen molar-refractivity contribution in [2.24, 2.45) is 5.73 Å². The van der Waals surface area contributed by atoms with E-state index < -0.39 is 0 Å². The highest BCUT2D eigenvalue weighted by molar-refractivity contribution is 5.69. The number of carbonyl (C=O) groups is 1. The fraction of sp³-hybridized carbons (Fsp3) is 0.889. The quantitative estimate of drug-likeness (QED) is 0.473. The van der Waals surface area contributed by atoms with Crippen LogP contribution in [0.2, 0.25) is 0 Å². The molecule has 0 aromatic heterocycles. The molecule has 0 saturated heterocycles. The van der Waals surface area contributed by atoms with E-state index in [0.29, 0.717) is 19.8 Å². The molecule has 78 valence electrons. The Balaban J connectivity index is 3.20. The zero-order valence-corrected chi connectivity index (χ0v) is 8.41. The van der Waals surface area contributed by atoms with Gasteiger partial charge < -0.3 is 15.2 Å². The van der Waals surface area contributed by atoms with Gasteiger partial charge in [-0.05, 0) is 13.3 Å². The normalized spacial score (nSPS) is 12.5. The van der Waals surface area contributed by atoms with Gasteiger partial charge in [0.15, 0.2) is 0 Å². The van der Waals surface area contributed by atoms with E-state index in [1.165, 1.54) is 0 Å². The third-order valence-electron chi connectivity index (χ3n) is 1.67. The zero-order chi connectivity index (χ0) is 10.1. The molecular weight excluding hydrogens is 170 g/mol. The third-order valence-corrected chi connectivity index (χ3v) is 1.67. The molecule has 0 aliphatic rings. The largest absolute Gasteiger partial charge is 0.463 e.